The SMILES string of the molecule is CC(=O)C(=O)Nc1cc2ccccc2cc1NC(=O)c1cc2cc(Cl)ccc2[nH]1. The first-order valence-corrected chi connectivity index (χ1v) is 9.23. The van der Waals surface area contributed by atoms with Gasteiger partial charge in [0.15, 0.2) is 0 Å². The minimum absolute atomic E-state index is 0.344. The van der Waals surface area contributed by atoms with Crippen LogP contribution in [0.3, 0.4) is 0 Å². The number of carbonyl (C=O) groups is 3. The Morgan fingerprint density at radius 1 is 0.828 bits per heavy atom. The molecular formula is C22H16ClN3O3. The molecule has 0 radical (unpaired) electrons. The summed E-state index contributed by atoms with van der Waals surface area (Å²) in [5.41, 5.74) is 1.86. The van der Waals surface area contributed by atoms with Crippen LogP contribution >= 0.6 is 11.6 Å². The van der Waals surface area contributed by atoms with Crippen LogP contribution in [0.25, 0.3) is 21.7 Å². The van der Waals surface area contributed by atoms with Crippen molar-refractivity contribution in [2.45, 2.75) is 6.92 Å². The van der Waals surface area contributed by atoms with E-state index in [1.807, 2.05) is 24.3 Å². The van der Waals surface area contributed by atoms with Crippen molar-refractivity contribution >= 4 is 62.2 Å². The van der Waals surface area contributed by atoms with Crippen molar-refractivity contribution in [1.82, 2.24) is 4.98 Å². The fraction of sp³-hybridized carbons (Fsp3) is 0.0455. The zero-order chi connectivity index (χ0) is 20.5. The molecule has 4 rings (SSSR count). The number of aromatic nitrogens is 1. The second kappa shape index (κ2) is 7.41. The number of Topliss-reactive ketones (excluding diaryl/α,β-unsaturated/α-hetero) is 1. The fourth-order valence-electron chi connectivity index (χ4n) is 3.07. The molecule has 3 aromatic carbocycles. The van der Waals surface area contributed by atoms with Gasteiger partial charge < -0.3 is 15.6 Å². The number of amides is 2. The Morgan fingerprint density at radius 3 is 2.14 bits per heavy atom. The van der Waals surface area contributed by atoms with E-state index in [4.69, 9.17) is 11.6 Å². The number of carbonyl (C=O) groups excluding carboxylic acids is 3. The molecule has 0 unspecified atom stereocenters. The Kier molecular flexibility index (Phi) is 4.78. The monoisotopic (exact) mass is 405 g/mol. The second-order valence-corrected chi connectivity index (χ2v) is 7.06. The lowest BCUT2D eigenvalue weighted by molar-refractivity contribution is -0.133. The smallest absolute Gasteiger partial charge is 0.291 e. The summed E-state index contributed by atoms with van der Waals surface area (Å²) in [5.74, 6) is -1.76. The van der Waals surface area contributed by atoms with Gasteiger partial charge in [0.2, 0.25) is 5.78 Å². The van der Waals surface area contributed by atoms with Crippen molar-refractivity contribution in [2.75, 3.05) is 10.6 Å². The number of H-pyrrole nitrogens is 1. The maximum Gasteiger partial charge on any atom is 0.291 e. The summed E-state index contributed by atoms with van der Waals surface area (Å²) in [5, 5.41) is 8.51. The highest BCUT2D eigenvalue weighted by molar-refractivity contribution is 6.40. The Morgan fingerprint density at radius 2 is 1.48 bits per heavy atom. The van der Waals surface area contributed by atoms with Crippen LogP contribution in [-0.2, 0) is 9.59 Å². The van der Waals surface area contributed by atoms with Gasteiger partial charge in [-0.2, -0.15) is 0 Å². The molecule has 144 valence electrons. The van der Waals surface area contributed by atoms with Crippen molar-refractivity contribution in [3.05, 3.63) is 71.4 Å². The van der Waals surface area contributed by atoms with Gasteiger partial charge >= 0.3 is 0 Å². The molecule has 3 N–H and O–H groups in total. The molecule has 0 aliphatic rings. The van der Waals surface area contributed by atoms with Crippen LogP contribution in [0.2, 0.25) is 5.02 Å². The fourth-order valence-corrected chi connectivity index (χ4v) is 3.25. The van der Waals surface area contributed by atoms with E-state index < -0.39 is 11.7 Å². The van der Waals surface area contributed by atoms with Gasteiger partial charge in [0, 0.05) is 22.8 Å². The van der Waals surface area contributed by atoms with Crippen molar-refractivity contribution in [3.63, 3.8) is 0 Å². The topological polar surface area (TPSA) is 91.1 Å². The van der Waals surface area contributed by atoms with Crippen LogP contribution in [0.1, 0.15) is 17.4 Å². The molecule has 0 aliphatic carbocycles. The molecule has 1 heterocycles. The Balaban J connectivity index is 1.71. The first-order chi connectivity index (χ1) is 13.9. The normalized spacial score (nSPS) is 10.8. The van der Waals surface area contributed by atoms with E-state index >= 15 is 0 Å². The van der Waals surface area contributed by atoms with Gasteiger partial charge in [0.1, 0.15) is 5.69 Å². The number of ketones is 1. The summed E-state index contributed by atoms with van der Waals surface area (Å²) in [7, 11) is 0. The third kappa shape index (κ3) is 3.83. The van der Waals surface area contributed by atoms with Crippen LogP contribution in [0.5, 0.6) is 0 Å². The zero-order valence-electron chi connectivity index (χ0n) is 15.4. The first-order valence-electron chi connectivity index (χ1n) is 8.85. The number of fused-ring (bicyclic) bond motifs is 2. The van der Waals surface area contributed by atoms with Crippen LogP contribution in [-0.4, -0.2) is 22.6 Å². The summed E-state index contributed by atoms with van der Waals surface area (Å²) in [6.07, 6.45) is 0. The highest BCUT2D eigenvalue weighted by Crippen LogP contribution is 2.29. The highest BCUT2D eigenvalue weighted by Gasteiger charge is 2.16. The molecule has 0 saturated carbocycles. The van der Waals surface area contributed by atoms with Crippen LogP contribution in [0.4, 0.5) is 11.4 Å². The molecule has 0 aliphatic heterocycles. The lowest BCUT2D eigenvalue weighted by Crippen LogP contribution is -2.21. The maximum atomic E-state index is 12.8. The molecule has 0 saturated heterocycles. The molecule has 1 aromatic heterocycles. The van der Waals surface area contributed by atoms with Gasteiger partial charge in [0.05, 0.1) is 11.4 Å². The molecule has 7 heteroatoms. The van der Waals surface area contributed by atoms with E-state index in [1.54, 1.807) is 36.4 Å². The summed E-state index contributed by atoms with van der Waals surface area (Å²) < 4.78 is 0. The van der Waals surface area contributed by atoms with Crippen LogP contribution in [0, 0.1) is 0 Å². The zero-order valence-corrected chi connectivity index (χ0v) is 16.1. The van der Waals surface area contributed by atoms with E-state index in [0.717, 1.165) is 21.7 Å². The van der Waals surface area contributed by atoms with Gasteiger partial charge in [-0.25, -0.2) is 0 Å². The number of hydrogen-bond donors (Lipinski definition) is 3. The summed E-state index contributed by atoms with van der Waals surface area (Å²) in [4.78, 5) is 39.2. The third-order valence-corrected chi connectivity index (χ3v) is 4.76. The molecule has 29 heavy (non-hydrogen) atoms. The number of hydrogen-bond acceptors (Lipinski definition) is 3. The summed E-state index contributed by atoms with van der Waals surface area (Å²) >= 11 is 6.01. The molecule has 6 nitrogen and oxygen atoms in total. The molecule has 0 spiro atoms. The minimum atomic E-state index is -0.754. The largest absolute Gasteiger partial charge is 0.351 e. The number of anilines is 2. The predicted molar refractivity (Wildman–Crippen MR) is 115 cm³/mol. The van der Waals surface area contributed by atoms with E-state index in [0.29, 0.717) is 22.1 Å². The Hall–Kier alpha value is -3.64. The van der Waals surface area contributed by atoms with E-state index in [-0.39, 0.29) is 5.91 Å². The lowest BCUT2D eigenvalue weighted by atomic mass is 10.1. The van der Waals surface area contributed by atoms with Crippen molar-refractivity contribution in [2.24, 2.45) is 0 Å². The quantitative estimate of drug-likeness (QED) is 0.428. The van der Waals surface area contributed by atoms with Gasteiger partial charge in [-0.15, -0.1) is 0 Å². The van der Waals surface area contributed by atoms with Gasteiger partial charge in [-0.1, -0.05) is 35.9 Å². The van der Waals surface area contributed by atoms with Crippen molar-refractivity contribution in [1.29, 1.82) is 0 Å². The van der Waals surface area contributed by atoms with Crippen molar-refractivity contribution in [3.8, 4) is 0 Å². The Labute approximate surface area is 170 Å². The van der Waals surface area contributed by atoms with E-state index in [2.05, 4.69) is 15.6 Å². The standard InChI is InChI=1S/C22H16ClN3O3/c1-12(27)21(28)25-18-9-13-4-2-3-5-14(13)10-19(18)26-22(29)20-11-15-8-16(23)6-7-17(15)24-20/h2-11,24H,1H3,(H,25,28)(H,26,29). The Bertz CT molecular complexity index is 1290. The average Bonchev–Trinajstić information content (AvgIpc) is 3.11. The first kappa shape index (κ1) is 18.7. The minimum Gasteiger partial charge on any atom is -0.351 e. The number of nitrogens with one attached hydrogen (secondary N) is 3. The van der Waals surface area contributed by atoms with Gasteiger partial charge in [-0.05, 0) is 47.2 Å². The molecule has 2 amide bonds. The van der Waals surface area contributed by atoms with E-state index in [9.17, 15) is 14.4 Å². The lowest BCUT2D eigenvalue weighted by Gasteiger charge is -2.13. The summed E-state index contributed by atoms with van der Waals surface area (Å²) in [6.45, 7) is 1.18. The number of benzene rings is 3. The van der Waals surface area contributed by atoms with Gasteiger partial charge in [0.25, 0.3) is 11.8 Å². The second-order valence-electron chi connectivity index (χ2n) is 6.62. The van der Waals surface area contributed by atoms with Gasteiger partial charge in [-0.3, -0.25) is 14.4 Å². The average molecular weight is 406 g/mol. The molecule has 0 atom stereocenters. The molecule has 0 fully saturated rings. The molecule has 4 aromatic rings. The van der Waals surface area contributed by atoms with Crippen molar-refractivity contribution < 1.29 is 14.4 Å². The number of halogens is 1. The molecular weight excluding hydrogens is 390 g/mol. The maximum absolute atomic E-state index is 12.8. The molecule has 0 bridgehead atoms. The third-order valence-electron chi connectivity index (χ3n) is 4.53. The predicted octanol–water partition coefficient (Wildman–Crippen LogP) is 4.75. The number of aromatic amines is 1. The highest BCUT2D eigenvalue weighted by atomic mass is 35.5. The summed E-state index contributed by atoms with van der Waals surface area (Å²) in [6, 6.07) is 18.0. The van der Waals surface area contributed by atoms with E-state index in [1.165, 1.54) is 6.92 Å². The van der Waals surface area contributed by atoms with Crippen LogP contribution < -0.4 is 10.6 Å². The number of rotatable bonds is 4. The van der Waals surface area contributed by atoms with Crippen LogP contribution in [0.15, 0.2) is 60.7 Å².